The van der Waals surface area contributed by atoms with Gasteiger partial charge in [-0.25, -0.2) is 0 Å². The molecule has 0 spiro atoms. The molecule has 1 aliphatic rings. The van der Waals surface area contributed by atoms with Crippen molar-refractivity contribution in [2.24, 2.45) is 5.41 Å². The molecule has 0 saturated carbocycles. The Morgan fingerprint density at radius 3 is 2.61 bits per heavy atom. The third kappa shape index (κ3) is 4.25. The Morgan fingerprint density at radius 2 is 2.06 bits per heavy atom. The number of rotatable bonds is 6. The number of piperidine rings is 1. The second-order valence-corrected chi connectivity index (χ2v) is 5.78. The highest BCUT2D eigenvalue weighted by atomic mass is 16.2. The fraction of sp³-hybridized carbons (Fsp3) is 0.929. The summed E-state index contributed by atoms with van der Waals surface area (Å²) in [4.78, 5) is 13.8. The molecule has 18 heavy (non-hydrogen) atoms. The summed E-state index contributed by atoms with van der Waals surface area (Å²) in [6.45, 7) is 13.2. The van der Waals surface area contributed by atoms with Gasteiger partial charge < -0.3 is 15.5 Å². The predicted molar refractivity (Wildman–Crippen MR) is 75.6 cm³/mol. The molecule has 1 amide bonds. The summed E-state index contributed by atoms with van der Waals surface area (Å²) in [7, 11) is 0. The standard InChI is InChI=1S/C14H29N3O/c1-5-17(6-2)13(18)8-10-16-12-7-9-15-11-14(12,3)4/h12,15-16H,5-11H2,1-4H3. The van der Waals surface area contributed by atoms with Crippen LogP contribution in [0.3, 0.4) is 0 Å². The van der Waals surface area contributed by atoms with Gasteiger partial charge in [0.2, 0.25) is 5.91 Å². The minimum Gasteiger partial charge on any atom is -0.343 e. The molecule has 1 aliphatic heterocycles. The van der Waals surface area contributed by atoms with E-state index in [2.05, 4.69) is 24.5 Å². The van der Waals surface area contributed by atoms with Crippen molar-refractivity contribution in [3.05, 3.63) is 0 Å². The monoisotopic (exact) mass is 255 g/mol. The molecule has 0 radical (unpaired) electrons. The Balaban J connectivity index is 2.30. The molecule has 0 aliphatic carbocycles. The van der Waals surface area contributed by atoms with Crippen molar-refractivity contribution in [3.63, 3.8) is 0 Å². The van der Waals surface area contributed by atoms with Gasteiger partial charge in [-0.1, -0.05) is 13.8 Å². The fourth-order valence-electron chi connectivity index (χ4n) is 2.64. The number of hydrogen-bond donors (Lipinski definition) is 2. The molecule has 1 atom stereocenters. The first-order valence-corrected chi connectivity index (χ1v) is 7.23. The number of carbonyl (C=O) groups is 1. The third-order valence-corrected chi connectivity index (χ3v) is 3.98. The van der Waals surface area contributed by atoms with E-state index >= 15 is 0 Å². The smallest absolute Gasteiger partial charge is 0.223 e. The Morgan fingerprint density at radius 1 is 1.39 bits per heavy atom. The molecule has 1 rings (SSSR count). The van der Waals surface area contributed by atoms with E-state index in [-0.39, 0.29) is 11.3 Å². The lowest BCUT2D eigenvalue weighted by Gasteiger charge is -2.39. The van der Waals surface area contributed by atoms with E-state index in [4.69, 9.17) is 0 Å². The number of nitrogens with one attached hydrogen (secondary N) is 2. The van der Waals surface area contributed by atoms with Crippen LogP contribution in [-0.4, -0.2) is 49.6 Å². The molecule has 4 nitrogen and oxygen atoms in total. The molecular weight excluding hydrogens is 226 g/mol. The quantitative estimate of drug-likeness (QED) is 0.750. The van der Waals surface area contributed by atoms with Crippen LogP contribution in [0.15, 0.2) is 0 Å². The summed E-state index contributed by atoms with van der Waals surface area (Å²) in [5.41, 5.74) is 0.274. The van der Waals surface area contributed by atoms with Gasteiger partial charge in [0.05, 0.1) is 0 Å². The van der Waals surface area contributed by atoms with Crippen molar-refractivity contribution in [1.29, 1.82) is 0 Å². The summed E-state index contributed by atoms with van der Waals surface area (Å²) in [6, 6.07) is 0.517. The van der Waals surface area contributed by atoms with Crippen LogP contribution in [0, 0.1) is 5.41 Å². The van der Waals surface area contributed by atoms with Crippen LogP contribution in [0.2, 0.25) is 0 Å². The SMILES string of the molecule is CCN(CC)C(=O)CCNC1CCNCC1(C)C. The third-order valence-electron chi connectivity index (χ3n) is 3.98. The van der Waals surface area contributed by atoms with E-state index in [1.807, 2.05) is 18.7 Å². The van der Waals surface area contributed by atoms with Crippen LogP contribution in [-0.2, 0) is 4.79 Å². The highest BCUT2D eigenvalue weighted by Gasteiger charge is 2.31. The first-order chi connectivity index (χ1) is 8.51. The van der Waals surface area contributed by atoms with Gasteiger partial charge in [-0.2, -0.15) is 0 Å². The first kappa shape index (κ1) is 15.4. The van der Waals surface area contributed by atoms with Gasteiger partial charge in [0.15, 0.2) is 0 Å². The zero-order chi connectivity index (χ0) is 13.6. The normalized spacial score (nSPS) is 22.8. The topological polar surface area (TPSA) is 44.4 Å². The zero-order valence-corrected chi connectivity index (χ0v) is 12.4. The van der Waals surface area contributed by atoms with E-state index < -0.39 is 0 Å². The van der Waals surface area contributed by atoms with Crippen molar-refractivity contribution in [2.75, 3.05) is 32.7 Å². The molecule has 0 bridgehead atoms. The van der Waals surface area contributed by atoms with Gasteiger partial charge in [0.1, 0.15) is 0 Å². The van der Waals surface area contributed by atoms with Gasteiger partial charge >= 0.3 is 0 Å². The fourth-order valence-corrected chi connectivity index (χ4v) is 2.64. The molecule has 0 aromatic rings. The molecular formula is C14H29N3O. The highest BCUT2D eigenvalue weighted by Crippen LogP contribution is 2.24. The van der Waals surface area contributed by atoms with E-state index in [9.17, 15) is 4.79 Å². The van der Waals surface area contributed by atoms with Crippen molar-refractivity contribution in [1.82, 2.24) is 15.5 Å². The maximum absolute atomic E-state index is 11.9. The number of hydrogen-bond acceptors (Lipinski definition) is 3. The van der Waals surface area contributed by atoms with Crippen LogP contribution < -0.4 is 10.6 Å². The highest BCUT2D eigenvalue weighted by molar-refractivity contribution is 5.76. The molecule has 0 aromatic carbocycles. The Hall–Kier alpha value is -0.610. The number of carbonyl (C=O) groups excluding carboxylic acids is 1. The van der Waals surface area contributed by atoms with Gasteiger partial charge in [-0.15, -0.1) is 0 Å². The van der Waals surface area contributed by atoms with Crippen LogP contribution >= 0.6 is 0 Å². The molecule has 4 heteroatoms. The van der Waals surface area contributed by atoms with Gasteiger partial charge in [-0.3, -0.25) is 4.79 Å². The summed E-state index contributed by atoms with van der Waals surface area (Å²) < 4.78 is 0. The summed E-state index contributed by atoms with van der Waals surface area (Å²) in [6.07, 6.45) is 1.76. The largest absolute Gasteiger partial charge is 0.343 e. The molecule has 0 aromatic heterocycles. The van der Waals surface area contributed by atoms with Crippen molar-refractivity contribution < 1.29 is 4.79 Å². The average molecular weight is 255 g/mol. The van der Waals surface area contributed by atoms with E-state index in [1.165, 1.54) is 0 Å². The summed E-state index contributed by atoms with van der Waals surface area (Å²) >= 11 is 0. The molecule has 106 valence electrons. The van der Waals surface area contributed by atoms with Gasteiger partial charge in [0.25, 0.3) is 0 Å². The Labute approximate surface area is 111 Å². The van der Waals surface area contributed by atoms with E-state index in [1.54, 1.807) is 0 Å². The van der Waals surface area contributed by atoms with Crippen molar-refractivity contribution in [2.45, 2.75) is 46.6 Å². The molecule has 2 N–H and O–H groups in total. The number of nitrogens with zero attached hydrogens (tertiary/aromatic N) is 1. The lowest BCUT2D eigenvalue weighted by molar-refractivity contribution is -0.130. The summed E-state index contributed by atoms with van der Waals surface area (Å²) in [5, 5.41) is 6.98. The minimum absolute atomic E-state index is 0.263. The van der Waals surface area contributed by atoms with E-state index in [0.29, 0.717) is 12.5 Å². The van der Waals surface area contributed by atoms with Crippen LogP contribution in [0.25, 0.3) is 0 Å². The average Bonchev–Trinajstić information content (AvgIpc) is 2.32. The van der Waals surface area contributed by atoms with Crippen LogP contribution in [0.5, 0.6) is 0 Å². The maximum Gasteiger partial charge on any atom is 0.223 e. The molecule has 1 saturated heterocycles. The van der Waals surface area contributed by atoms with Crippen molar-refractivity contribution >= 4 is 5.91 Å². The minimum atomic E-state index is 0.263. The zero-order valence-electron chi connectivity index (χ0n) is 12.4. The first-order valence-electron chi connectivity index (χ1n) is 7.23. The van der Waals surface area contributed by atoms with E-state index in [0.717, 1.165) is 39.1 Å². The lowest BCUT2D eigenvalue weighted by atomic mass is 9.80. The molecule has 1 fully saturated rings. The second-order valence-electron chi connectivity index (χ2n) is 5.78. The lowest BCUT2D eigenvalue weighted by Crippen LogP contribution is -2.53. The molecule has 1 heterocycles. The second kappa shape index (κ2) is 7.10. The maximum atomic E-state index is 11.9. The van der Waals surface area contributed by atoms with Crippen molar-refractivity contribution in [3.8, 4) is 0 Å². The Bertz CT molecular complexity index is 262. The van der Waals surface area contributed by atoms with Crippen LogP contribution in [0.1, 0.15) is 40.5 Å². The van der Waals surface area contributed by atoms with Gasteiger partial charge in [-0.05, 0) is 32.2 Å². The van der Waals surface area contributed by atoms with Crippen LogP contribution in [0.4, 0.5) is 0 Å². The molecule has 1 unspecified atom stereocenters. The summed E-state index contributed by atoms with van der Waals surface area (Å²) in [5.74, 6) is 0.263. The predicted octanol–water partition coefficient (Wildman–Crippen LogP) is 1.22. The number of amides is 1. The Kier molecular flexibility index (Phi) is 6.09. The van der Waals surface area contributed by atoms with Gasteiger partial charge in [0, 0.05) is 38.6 Å².